The number of anilines is 1. The van der Waals surface area contributed by atoms with Gasteiger partial charge >= 0.3 is 0 Å². The molecule has 4 aromatic rings. The lowest BCUT2D eigenvalue weighted by Gasteiger charge is -2.26. The molecule has 0 radical (unpaired) electrons. The second-order valence-corrected chi connectivity index (χ2v) is 7.37. The van der Waals surface area contributed by atoms with Crippen molar-refractivity contribution < 1.29 is 4.39 Å². The Morgan fingerprint density at radius 1 is 1.03 bits per heavy atom. The Hall–Kier alpha value is -3.32. The Balaban J connectivity index is 1.48. The van der Waals surface area contributed by atoms with Crippen molar-refractivity contribution in [1.82, 2.24) is 24.6 Å². The highest BCUT2D eigenvalue weighted by Crippen LogP contribution is 2.34. The largest absolute Gasteiger partial charge is 0.365 e. The lowest BCUT2D eigenvalue weighted by molar-refractivity contribution is 0.309. The highest BCUT2D eigenvalue weighted by molar-refractivity contribution is 5.87. The molecule has 5 rings (SSSR count). The molecule has 2 aromatic carbocycles. The number of halogens is 1. The number of likely N-dealkylation sites (tertiary alicyclic amines) is 1. The maximum Gasteiger partial charge on any atom is 0.168 e. The SMILES string of the molecule is CN1CC[C@H](Nc2ncnc3c2cnn3-c2ccccc2)[C@@H]1c1ccc(F)cc1. The fourth-order valence-corrected chi connectivity index (χ4v) is 4.14. The summed E-state index contributed by atoms with van der Waals surface area (Å²) in [6.07, 6.45) is 4.34. The van der Waals surface area contributed by atoms with Gasteiger partial charge in [-0.05, 0) is 43.3 Å². The number of hydrogen-bond acceptors (Lipinski definition) is 5. The number of nitrogens with one attached hydrogen (secondary N) is 1. The number of hydrogen-bond donors (Lipinski definition) is 1. The third-order valence-corrected chi connectivity index (χ3v) is 5.55. The van der Waals surface area contributed by atoms with Crippen LogP contribution in [0.15, 0.2) is 67.1 Å². The van der Waals surface area contributed by atoms with Gasteiger partial charge in [-0.15, -0.1) is 0 Å². The van der Waals surface area contributed by atoms with Gasteiger partial charge < -0.3 is 5.32 Å². The van der Waals surface area contributed by atoms with Crippen LogP contribution >= 0.6 is 0 Å². The molecule has 0 amide bonds. The molecule has 0 saturated carbocycles. The zero-order valence-electron chi connectivity index (χ0n) is 16.0. The van der Waals surface area contributed by atoms with E-state index in [9.17, 15) is 4.39 Å². The van der Waals surface area contributed by atoms with Crippen LogP contribution in [-0.4, -0.2) is 44.3 Å². The number of benzene rings is 2. The molecule has 7 heteroatoms. The van der Waals surface area contributed by atoms with Crippen molar-refractivity contribution >= 4 is 16.9 Å². The number of fused-ring (bicyclic) bond motifs is 1. The van der Waals surface area contributed by atoms with Crippen LogP contribution in [0.2, 0.25) is 0 Å². The minimum absolute atomic E-state index is 0.143. The molecule has 1 N–H and O–H groups in total. The maximum absolute atomic E-state index is 13.4. The van der Waals surface area contributed by atoms with Gasteiger partial charge in [0.05, 0.1) is 23.3 Å². The quantitative estimate of drug-likeness (QED) is 0.576. The molecule has 0 spiro atoms. The zero-order valence-corrected chi connectivity index (χ0v) is 16.0. The summed E-state index contributed by atoms with van der Waals surface area (Å²) in [5.41, 5.74) is 2.81. The Morgan fingerprint density at radius 3 is 2.62 bits per heavy atom. The minimum Gasteiger partial charge on any atom is -0.365 e. The van der Waals surface area contributed by atoms with E-state index in [1.54, 1.807) is 12.5 Å². The number of para-hydroxylation sites is 1. The summed E-state index contributed by atoms with van der Waals surface area (Å²) in [4.78, 5) is 11.2. The van der Waals surface area contributed by atoms with E-state index >= 15 is 0 Å². The first-order chi connectivity index (χ1) is 14.2. The van der Waals surface area contributed by atoms with E-state index < -0.39 is 0 Å². The Kier molecular flexibility index (Phi) is 4.44. The van der Waals surface area contributed by atoms with Crippen molar-refractivity contribution in [3.63, 3.8) is 0 Å². The zero-order chi connectivity index (χ0) is 19.8. The molecule has 1 saturated heterocycles. The van der Waals surface area contributed by atoms with Gasteiger partial charge in [0.25, 0.3) is 0 Å². The van der Waals surface area contributed by atoms with Gasteiger partial charge in [0, 0.05) is 12.6 Å². The topological polar surface area (TPSA) is 58.9 Å². The molecule has 146 valence electrons. The first kappa shape index (κ1) is 17.8. The van der Waals surface area contributed by atoms with E-state index in [2.05, 4.69) is 32.3 Å². The third-order valence-electron chi connectivity index (χ3n) is 5.55. The van der Waals surface area contributed by atoms with E-state index in [4.69, 9.17) is 0 Å². The molecule has 1 aliphatic heterocycles. The summed E-state index contributed by atoms with van der Waals surface area (Å²) in [6, 6.07) is 17.0. The Labute approximate surface area is 168 Å². The lowest BCUT2D eigenvalue weighted by Crippen LogP contribution is -2.29. The molecule has 1 fully saturated rings. The smallest absolute Gasteiger partial charge is 0.168 e. The van der Waals surface area contributed by atoms with Gasteiger partial charge in [-0.25, -0.2) is 19.0 Å². The van der Waals surface area contributed by atoms with Crippen LogP contribution < -0.4 is 5.32 Å². The van der Waals surface area contributed by atoms with E-state index in [1.165, 1.54) is 12.1 Å². The highest BCUT2D eigenvalue weighted by atomic mass is 19.1. The van der Waals surface area contributed by atoms with Crippen molar-refractivity contribution in [1.29, 1.82) is 0 Å². The minimum atomic E-state index is -0.218. The molecule has 29 heavy (non-hydrogen) atoms. The van der Waals surface area contributed by atoms with E-state index in [0.717, 1.165) is 41.1 Å². The number of aromatic nitrogens is 4. The molecule has 0 aliphatic carbocycles. The average Bonchev–Trinajstić information content (AvgIpc) is 3.34. The van der Waals surface area contributed by atoms with Crippen molar-refractivity contribution in [2.45, 2.75) is 18.5 Å². The summed E-state index contributed by atoms with van der Waals surface area (Å²) >= 11 is 0. The number of likely N-dealkylation sites (N-methyl/N-ethyl adjacent to an activating group) is 1. The van der Waals surface area contributed by atoms with Crippen LogP contribution in [-0.2, 0) is 0 Å². The molecular formula is C22H21FN6. The molecule has 2 atom stereocenters. The molecule has 0 bridgehead atoms. The third kappa shape index (κ3) is 3.23. The molecule has 3 heterocycles. The van der Waals surface area contributed by atoms with Gasteiger partial charge in [0.2, 0.25) is 0 Å². The highest BCUT2D eigenvalue weighted by Gasteiger charge is 2.33. The van der Waals surface area contributed by atoms with Gasteiger partial charge in [-0.3, -0.25) is 4.90 Å². The summed E-state index contributed by atoms with van der Waals surface area (Å²) in [5, 5.41) is 9.01. The summed E-state index contributed by atoms with van der Waals surface area (Å²) in [7, 11) is 2.10. The standard InChI is InChI=1S/C22H21FN6/c1-28-12-11-19(20(28)15-7-9-16(23)10-8-15)27-21-18-13-26-29(22(18)25-14-24-21)17-5-3-2-4-6-17/h2-10,13-14,19-20H,11-12H2,1H3,(H,24,25,27)/t19-,20-/m0/s1. The second kappa shape index (κ2) is 7.25. The monoisotopic (exact) mass is 388 g/mol. The van der Waals surface area contributed by atoms with Gasteiger partial charge in [0.15, 0.2) is 5.65 Å². The van der Waals surface area contributed by atoms with Gasteiger partial charge in [-0.2, -0.15) is 5.10 Å². The maximum atomic E-state index is 13.4. The fourth-order valence-electron chi connectivity index (χ4n) is 4.14. The fraction of sp³-hybridized carbons (Fsp3) is 0.227. The van der Waals surface area contributed by atoms with Crippen molar-refractivity contribution in [2.24, 2.45) is 0 Å². The van der Waals surface area contributed by atoms with Crippen LogP contribution in [0.25, 0.3) is 16.7 Å². The summed E-state index contributed by atoms with van der Waals surface area (Å²) in [6.45, 7) is 0.956. The Bertz CT molecular complexity index is 1130. The first-order valence-electron chi connectivity index (χ1n) is 9.67. The number of rotatable bonds is 4. The van der Waals surface area contributed by atoms with Crippen LogP contribution in [0.1, 0.15) is 18.0 Å². The molecule has 0 unspecified atom stereocenters. The summed E-state index contributed by atoms with van der Waals surface area (Å²) < 4.78 is 15.2. The molecule has 6 nitrogen and oxygen atoms in total. The predicted molar refractivity (Wildman–Crippen MR) is 110 cm³/mol. The van der Waals surface area contributed by atoms with Crippen LogP contribution in [0.4, 0.5) is 10.2 Å². The first-order valence-corrected chi connectivity index (χ1v) is 9.67. The predicted octanol–water partition coefficient (Wildman–Crippen LogP) is 3.81. The van der Waals surface area contributed by atoms with E-state index in [-0.39, 0.29) is 17.9 Å². The van der Waals surface area contributed by atoms with Gasteiger partial charge in [0.1, 0.15) is 18.0 Å². The molecule has 2 aromatic heterocycles. The van der Waals surface area contributed by atoms with Crippen molar-refractivity contribution in [3.05, 3.63) is 78.5 Å². The van der Waals surface area contributed by atoms with Crippen molar-refractivity contribution in [2.75, 3.05) is 18.9 Å². The normalized spacial score (nSPS) is 19.7. The van der Waals surface area contributed by atoms with Crippen molar-refractivity contribution in [3.8, 4) is 5.69 Å². The Morgan fingerprint density at radius 2 is 1.83 bits per heavy atom. The second-order valence-electron chi connectivity index (χ2n) is 7.37. The van der Waals surface area contributed by atoms with E-state index in [1.807, 2.05) is 47.1 Å². The van der Waals surface area contributed by atoms with Crippen LogP contribution in [0.5, 0.6) is 0 Å². The average molecular weight is 388 g/mol. The van der Waals surface area contributed by atoms with Crippen LogP contribution in [0, 0.1) is 5.82 Å². The lowest BCUT2D eigenvalue weighted by atomic mass is 10.00. The summed E-state index contributed by atoms with van der Waals surface area (Å²) in [5.74, 6) is 0.550. The molecule has 1 aliphatic rings. The van der Waals surface area contributed by atoms with E-state index in [0.29, 0.717) is 0 Å². The molecular weight excluding hydrogens is 367 g/mol. The number of nitrogens with zero attached hydrogens (tertiary/aromatic N) is 5. The van der Waals surface area contributed by atoms with Gasteiger partial charge in [-0.1, -0.05) is 30.3 Å². The van der Waals surface area contributed by atoms with Crippen LogP contribution in [0.3, 0.4) is 0 Å².